The van der Waals surface area contributed by atoms with Crippen LogP contribution in [0.25, 0.3) is 0 Å². The molecule has 6 heteroatoms. The number of carbonyl (C=O) groups is 2. The third-order valence-electron chi connectivity index (χ3n) is 3.27. The summed E-state index contributed by atoms with van der Waals surface area (Å²) in [4.78, 5) is 25.9. The van der Waals surface area contributed by atoms with Crippen molar-refractivity contribution in [1.82, 2.24) is 10.2 Å². The molecule has 2 aromatic rings. The van der Waals surface area contributed by atoms with Crippen molar-refractivity contribution in [3.05, 3.63) is 52.2 Å². The first-order valence-corrected chi connectivity index (χ1v) is 7.78. The predicted octanol–water partition coefficient (Wildman–Crippen LogP) is 2.35. The highest BCUT2D eigenvalue weighted by atomic mass is 32.1. The summed E-state index contributed by atoms with van der Waals surface area (Å²) in [5.74, 6) is -0.251. The molecular weight excluding hydrogens is 298 g/mol. The molecule has 2 amide bonds. The first-order valence-electron chi connectivity index (χ1n) is 6.84. The number of thiophene rings is 1. The molecule has 116 valence electrons. The smallest absolute Gasteiger partial charge is 0.251 e. The third kappa shape index (κ3) is 3.72. The number of nitrogens with zero attached hydrogens (tertiary/aromatic N) is 1. The van der Waals surface area contributed by atoms with Crippen LogP contribution >= 0.6 is 11.3 Å². The zero-order valence-corrected chi connectivity index (χ0v) is 13.6. The molecule has 1 atom stereocenters. The molecule has 0 spiro atoms. The van der Waals surface area contributed by atoms with Crippen LogP contribution in [0.15, 0.2) is 41.1 Å². The Morgan fingerprint density at radius 1 is 1.14 bits per heavy atom. The Bertz CT molecular complexity index is 636. The molecule has 0 aliphatic rings. The molecule has 2 rings (SSSR count). The van der Waals surface area contributed by atoms with Crippen LogP contribution in [0.1, 0.15) is 22.0 Å². The molecule has 22 heavy (non-hydrogen) atoms. The van der Waals surface area contributed by atoms with Crippen LogP contribution in [0.3, 0.4) is 0 Å². The van der Waals surface area contributed by atoms with Gasteiger partial charge in [0.2, 0.25) is 5.91 Å². The summed E-state index contributed by atoms with van der Waals surface area (Å²) >= 11 is 1.57. The van der Waals surface area contributed by atoms with E-state index in [4.69, 9.17) is 0 Å². The van der Waals surface area contributed by atoms with E-state index < -0.39 is 0 Å². The highest BCUT2D eigenvalue weighted by molar-refractivity contribution is 7.08. The van der Waals surface area contributed by atoms with Crippen molar-refractivity contribution in [3.63, 3.8) is 0 Å². The van der Waals surface area contributed by atoms with Crippen molar-refractivity contribution < 1.29 is 9.59 Å². The fourth-order valence-corrected chi connectivity index (χ4v) is 2.85. The third-order valence-corrected chi connectivity index (χ3v) is 3.97. The van der Waals surface area contributed by atoms with Crippen LogP contribution in [0.4, 0.5) is 5.69 Å². The lowest BCUT2D eigenvalue weighted by molar-refractivity contribution is -0.120. The Morgan fingerprint density at radius 3 is 2.32 bits per heavy atom. The van der Waals surface area contributed by atoms with Gasteiger partial charge in [0.15, 0.2) is 0 Å². The van der Waals surface area contributed by atoms with Gasteiger partial charge in [0.25, 0.3) is 5.91 Å². The Hall–Kier alpha value is -2.18. The summed E-state index contributed by atoms with van der Waals surface area (Å²) in [6.07, 6.45) is 0. The highest BCUT2D eigenvalue weighted by Gasteiger charge is 2.23. The lowest BCUT2D eigenvalue weighted by atomic mass is 10.1. The summed E-state index contributed by atoms with van der Waals surface area (Å²) in [6, 6.07) is 8.42. The molecule has 1 heterocycles. The quantitative estimate of drug-likeness (QED) is 0.890. The number of nitrogens with one attached hydrogen (secondary N) is 2. The van der Waals surface area contributed by atoms with Gasteiger partial charge >= 0.3 is 0 Å². The fraction of sp³-hybridized carbons (Fsp3) is 0.250. The standard InChI is InChI=1S/C16H19N3O2S/c1-17-15(20)11-4-6-13(7-5-11)18-16(21)14(19(2)3)12-8-9-22-10-12/h4-10,14H,1-3H3,(H,17,20)(H,18,21). The molecule has 1 aromatic heterocycles. The van der Waals surface area contributed by atoms with Gasteiger partial charge in [0, 0.05) is 18.3 Å². The van der Waals surface area contributed by atoms with E-state index in [2.05, 4.69) is 10.6 Å². The summed E-state index contributed by atoms with van der Waals surface area (Å²) in [5, 5.41) is 9.38. The Morgan fingerprint density at radius 2 is 1.82 bits per heavy atom. The predicted molar refractivity (Wildman–Crippen MR) is 89.2 cm³/mol. The zero-order chi connectivity index (χ0) is 16.1. The van der Waals surface area contributed by atoms with E-state index >= 15 is 0 Å². The summed E-state index contributed by atoms with van der Waals surface area (Å²) in [6.45, 7) is 0. The van der Waals surface area contributed by atoms with Crippen LogP contribution in [0, 0.1) is 0 Å². The van der Waals surface area contributed by atoms with E-state index in [9.17, 15) is 9.59 Å². The first-order chi connectivity index (χ1) is 10.5. The summed E-state index contributed by atoms with van der Waals surface area (Å²) < 4.78 is 0. The first kappa shape index (κ1) is 16.2. The lowest BCUT2D eigenvalue weighted by Gasteiger charge is -2.22. The number of carbonyl (C=O) groups excluding carboxylic acids is 2. The lowest BCUT2D eigenvalue weighted by Crippen LogP contribution is -2.32. The molecule has 0 saturated carbocycles. The largest absolute Gasteiger partial charge is 0.355 e. The molecule has 0 bridgehead atoms. The van der Waals surface area contributed by atoms with E-state index in [1.165, 1.54) is 0 Å². The second kappa shape index (κ2) is 7.20. The maximum atomic E-state index is 12.5. The van der Waals surface area contributed by atoms with Gasteiger partial charge in [-0.2, -0.15) is 11.3 Å². The van der Waals surface area contributed by atoms with Crippen molar-refractivity contribution in [1.29, 1.82) is 0 Å². The molecule has 1 aromatic carbocycles. The minimum absolute atomic E-state index is 0.101. The Balaban J connectivity index is 2.12. The fourth-order valence-electron chi connectivity index (χ4n) is 2.17. The van der Waals surface area contributed by atoms with E-state index in [1.54, 1.807) is 42.6 Å². The average Bonchev–Trinajstić information content (AvgIpc) is 3.00. The van der Waals surface area contributed by atoms with Crippen molar-refractivity contribution >= 4 is 28.8 Å². The van der Waals surface area contributed by atoms with Crippen molar-refractivity contribution in [2.75, 3.05) is 26.5 Å². The molecule has 0 aliphatic heterocycles. The van der Waals surface area contributed by atoms with Crippen molar-refractivity contribution in [2.24, 2.45) is 0 Å². The van der Waals surface area contributed by atoms with E-state index in [-0.39, 0.29) is 17.9 Å². The number of anilines is 1. The Labute approximate surface area is 134 Å². The van der Waals surface area contributed by atoms with E-state index in [0.29, 0.717) is 11.3 Å². The molecule has 0 radical (unpaired) electrons. The zero-order valence-electron chi connectivity index (χ0n) is 12.8. The van der Waals surface area contributed by atoms with E-state index in [1.807, 2.05) is 35.8 Å². The van der Waals surface area contributed by atoms with Gasteiger partial charge in [-0.15, -0.1) is 0 Å². The van der Waals surface area contributed by atoms with Crippen molar-refractivity contribution in [3.8, 4) is 0 Å². The topological polar surface area (TPSA) is 61.4 Å². The maximum Gasteiger partial charge on any atom is 0.251 e. The average molecular weight is 317 g/mol. The van der Waals surface area contributed by atoms with Gasteiger partial charge in [-0.25, -0.2) is 0 Å². The molecule has 5 nitrogen and oxygen atoms in total. The monoisotopic (exact) mass is 317 g/mol. The van der Waals surface area contributed by atoms with Gasteiger partial charge in [-0.3, -0.25) is 14.5 Å². The minimum atomic E-state index is -0.343. The van der Waals surface area contributed by atoms with Gasteiger partial charge in [-0.1, -0.05) is 0 Å². The Kier molecular flexibility index (Phi) is 5.30. The van der Waals surface area contributed by atoms with Crippen LogP contribution < -0.4 is 10.6 Å². The SMILES string of the molecule is CNC(=O)c1ccc(NC(=O)C(c2ccsc2)N(C)C)cc1. The van der Waals surface area contributed by atoms with Crippen LogP contribution in [-0.4, -0.2) is 37.9 Å². The van der Waals surface area contributed by atoms with Gasteiger partial charge in [0.1, 0.15) is 6.04 Å². The number of benzene rings is 1. The number of likely N-dealkylation sites (N-methyl/N-ethyl adjacent to an activating group) is 1. The second-order valence-electron chi connectivity index (χ2n) is 5.07. The maximum absolute atomic E-state index is 12.5. The molecule has 0 fully saturated rings. The van der Waals surface area contributed by atoms with Crippen molar-refractivity contribution in [2.45, 2.75) is 6.04 Å². The number of hydrogen-bond acceptors (Lipinski definition) is 4. The molecule has 0 saturated heterocycles. The van der Waals surface area contributed by atoms with Gasteiger partial charge in [-0.05, 0) is 60.8 Å². The normalized spacial score (nSPS) is 12.0. The minimum Gasteiger partial charge on any atom is -0.355 e. The van der Waals surface area contributed by atoms with Crippen LogP contribution in [0.5, 0.6) is 0 Å². The summed E-state index contributed by atoms with van der Waals surface area (Å²) in [7, 11) is 5.33. The van der Waals surface area contributed by atoms with Gasteiger partial charge < -0.3 is 10.6 Å². The number of rotatable bonds is 5. The second-order valence-corrected chi connectivity index (χ2v) is 5.85. The molecular formula is C16H19N3O2S. The van der Waals surface area contributed by atoms with Crippen LogP contribution in [-0.2, 0) is 4.79 Å². The van der Waals surface area contributed by atoms with E-state index in [0.717, 1.165) is 5.56 Å². The number of amides is 2. The molecule has 1 unspecified atom stereocenters. The summed E-state index contributed by atoms with van der Waals surface area (Å²) in [5.41, 5.74) is 2.19. The van der Waals surface area contributed by atoms with Crippen LogP contribution in [0.2, 0.25) is 0 Å². The molecule has 2 N–H and O–H groups in total. The molecule has 0 aliphatic carbocycles. The van der Waals surface area contributed by atoms with Gasteiger partial charge in [0.05, 0.1) is 0 Å². The highest BCUT2D eigenvalue weighted by Crippen LogP contribution is 2.23. The number of hydrogen-bond donors (Lipinski definition) is 2.